The van der Waals surface area contributed by atoms with Crippen molar-refractivity contribution in [3.63, 3.8) is 0 Å². The van der Waals surface area contributed by atoms with Gasteiger partial charge in [0, 0.05) is 44.0 Å². The fraction of sp³-hybridized carbons (Fsp3) is 0.762. The number of nitrogens with zero attached hydrogens (tertiary/aromatic N) is 3. The second kappa shape index (κ2) is 8.50. The molecule has 6 nitrogen and oxygen atoms in total. The Kier molecular flexibility index (Phi) is 6.41. The number of alkyl halides is 2. The second-order valence-corrected chi connectivity index (χ2v) is 9.31. The van der Waals surface area contributed by atoms with Crippen molar-refractivity contribution in [3.05, 3.63) is 17.5 Å². The first-order chi connectivity index (χ1) is 13.5. The molecule has 29 heavy (non-hydrogen) atoms. The van der Waals surface area contributed by atoms with Crippen molar-refractivity contribution in [3.8, 4) is 0 Å². The molecule has 0 radical (unpaired) electrons. The third-order valence-electron chi connectivity index (χ3n) is 5.79. The lowest BCUT2D eigenvalue weighted by molar-refractivity contribution is -0.143. The van der Waals surface area contributed by atoms with Crippen LogP contribution < -0.4 is 0 Å². The van der Waals surface area contributed by atoms with Crippen molar-refractivity contribution in [2.45, 2.75) is 76.7 Å². The number of hydrogen-bond donors (Lipinski definition) is 0. The highest BCUT2D eigenvalue weighted by Crippen LogP contribution is 2.28. The van der Waals surface area contributed by atoms with Gasteiger partial charge in [-0.3, -0.25) is 14.5 Å². The van der Waals surface area contributed by atoms with E-state index in [4.69, 9.17) is 4.52 Å². The van der Waals surface area contributed by atoms with Crippen molar-refractivity contribution in [2.24, 2.45) is 0 Å². The Balaban J connectivity index is 1.60. The summed E-state index contributed by atoms with van der Waals surface area (Å²) >= 11 is 0. The largest absolute Gasteiger partial charge is 0.361 e. The zero-order valence-corrected chi connectivity index (χ0v) is 17.5. The molecule has 3 heterocycles. The molecule has 0 unspecified atom stereocenters. The van der Waals surface area contributed by atoms with Crippen LogP contribution in [0.5, 0.6) is 0 Å². The Hall–Kier alpha value is -1.83. The molecule has 0 aromatic carbocycles. The van der Waals surface area contributed by atoms with Crippen molar-refractivity contribution < 1.29 is 22.9 Å². The maximum absolute atomic E-state index is 13.3. The Bertz CT molecular complexity index is 732. The molecule has 3 rings (SSSR count). The molecule has 1 amide bonds. The average Bonchev–Trinajstić information content (AvgIpc) is 3.12. The van der Waals surface area contributed by atoms with E-state index < -0.39 is 12.0 Å². The highest BCUT2D eigenvalue weighted by Gasteiger charge is 2.37. The van der Waals surface area contributed by atoms with E-state index in [0.29, 0.717) is 18.7 Å². The minimum atomic E-state index is -2.63. The van der Waals surface area contributed by atoms with E-state index in [1.807, 2.05) is 20.8 Å². The molecule has 2 aliphatic heterocycles. The first-order valence-corrected chi connectivity index (χ1v) is 10.4. The molecule has 2 fully saturated rings. The quantitative estimate of drug-likeness (QED) is 0.744. The summed E-state index contributed by atoms with van der Waals surface area (Å²) in [6.07, 6.45) is 2.07. The number of rotatable bonds is 5. The molecule has 1 atom stereocenters. The maximum Gasteiger partial charge on any atom is 0.250 e. The van der Waals surface area contributed by atoms with Crippen molar-refractivity contribution >= 4 is 11.7 Å². The van der Waals surface area contributed by atoms with Gasteiger partial charge in [0.05, 0.1) is 24.7 Å². The van der Waals surface area contributed by atoms with E-state index >= 15 is 0 Å². The van der Waals surface area contributed by atoms with Crippen LogP contribution in [-0.2, 0) is 21.4 Å². The Morgan fingerprint density at radius 1 is 1.21 bits per heavy atom. The van der Waals surface area contributed by atoms with Crippen molar-refractivity contribution in [2.75, 3.05) is 26.2 Å². The lowest BCUT2D eigenvalue weighted by Gasteiger charge is -2.37. The number of likely N-dealkylation sites (tertiary alicyclic amines) is 2. The highest BCUT2D eigenvalue weighted by molar-refractivity contribution is 5.91. The van der Waals surface area contributed by atoms with Crippen LogP contribution in [0.25, 0.3) is 0 Å². The van der Waals surface area contributed by atoms with Crippen LogP contribution in [0, 0.1) is 0 Å². The first kappa shape index (κ1) is 21.9. The molecule has 2 aliphatic rings. The normalized spacial score (nSPS) is 23.2. The summed E-state index contributed by atoms with van der Waals surface area (Å²) in [4.78, 5) is 29.2. The molecule has 0 saturated carbocycles. The summed E-state index contributed by atoms with van der Waals surface area (Å²) in [5.74, 6) is -2.10. The predicted molar refractivity (Wildman–Crippen MR) is 104 cm³/mol. The maximum atomic E-state index is 13.3. The Morgan fingerprint density at radius 2 is 1.90 bits per heavy atom. The summed E-state index contributed by atoms with van der Waals surface area (Å²) in [6, 6.07) is 1.33. The average molecular weight is 411 g/mol. The molecule has 0 aliphatic carbocycles. The van der Waals surface area contributed by atoms with Crippen LogP contribution in [0.2, 0.25) is 0 Å². The lowest BCUT2D eigenvalue weighted by Crippen LogP contribution is -2.52. The minimum absolute atomic E-state index is 0.0445. The van der Waals surface area contributed by atoms with Crippen LogP contribution in [0.3, 0.4) is 0 Å². The number of amides is 1. The van der Waals surface area contributed by atoms with Gasteiger partial charge in [0.2, 0.25) is 5.91 Å². The van der Waals surface area contributed by atoms with Gasteiger partial charge in [-0.1, -0.05) is 25.9 Å². The number of Topliss-reactive ketones (excluding diaryl/α,β-unsaturated/α-hetero) is 1. The number of carbonyl (C=O) groups excluding carboxylic acids is 2. The molecule has 0 bridgehead atoms. The Morgan fingerprint density at radius 3 is 2.52 bits per heavy atom. The molecule has 8 heteroatoms. The van der Waals surface area contributed by atoms with Gasteiger partial charge in [-0.25, -0.2) is 8.78 Å². The van der Waals surface area contributed by atoms with E-state index in [1.54, 1.807) is 15.9 Å². The number of halogens is 2. The summed E-state index contributed by atoms with van der Waals surface area (Å²) in [5, 5.41) is 4.02. The number of piperidine rings is 2. The Labute approximate surface area is 170 Å². The summed E-state index contributed by atoms with van der Waals surface area (Å²) in [5.41, 5.74) is 0.392. The van der Waals surface area contributed by atoms with Crippen LogP contribution in [0.1, 0.15) is 64.3 Å². The third kappa shape index (κ3) is 5.62. The molecule has 162 valence electrons. The third-order valence-corrected chi connectivity index (χ3v) is 5.79. The lowest BCUT2D eigenvalue weighted by atomic mass is 9.92. The topological polar surface area (TPSA) is 66.7 Å². The van der Waals surface area contributed by atoms with Gasteiger partial charge in [-0.15, -0.1) is 0 Å². The monoisotopic (exact) mass is 411 g/mol. The zero-order chi connectivity index (χ0) is 21.2. The highest BCUT2D eigenvalue weighted by atomic mass is 19.3. The van der Waals surface area contributed by atoms with E-state index in [2.05, 4.69) is 5.16 Å². The van der Waals surface area contributed by atoms with E-state index in [1.165, 1.54) is 0 Å². The van der Waals surface area contributed by atoms with Crippen molar-refractivity contribution in [1.29, 1.82) is 0 Å². The SMILES string of the molecule is CC(C)(C)c1cc(CC(=O)[C@@H]2CCCCN2C(=O)CN2CCC(F)(F)CC2)no1. The van der Waals surface area contributed by atoms with Gasteiger partial charge in [0.1, 0.15) is 5.76 Å². The van der Waals surface area contributed by atoms with Crippen molar-refractivity contribution in [1.82, 2.24) is 15.0 Å². The molecule has 0 N–H and O–H groups in total. The summed E-state index contributed by atoms with van der Waals surface area (Å²) in [6.45, 7) is 7.08. The van der Waals surface area contributed by atoms with E-state index in [9.17, 15) is 18.4 Å². The standard InChI is InChI=1S/C21H31F2N3O3/c1-20(2,3)18-13-15(24-29-18)12-17(27)16-6-4-5-9-26(16)19(28)14-25-10-7-21(22,23)8-11-25/h13,16H,4-12,14H2,1-3H3/t16-/m0/s1. The van der Waals surface area contributed by atoms with Gasteiger partial charge in [-0.05, 0) is 19.3 Å². The van der Waals surface area contributed by atoms with E-state index in [0.717, 1.165) is 18.6 Å². The summed E-state index contributed by atoms with van der Waals surface area (Å²) in [7, 11) is 0. The van der Waals surface area contributed by atoms with Crippen LogP contribution in [-0.4, -0.2) is 64.8 Å². The van der Waals surface area contributed by atoms with Gasteiger partial charge in [0.15, 0.2) is 5.78 Å². The minimum Gasteiger partial charge on any atom is -0.361 e. The number of ketones is 1. The fourth-order valence-electron chi connectivity index (χ4n) is 3.93. The van der Waals surface area contributed by atoms with Gasteiger partial charge in [-0.2, -0.15) is 0 Å². The predicted octanol–water partition coefficient (Wildman–Crippen LogP) is 3.20. The molecule has 2 saturated heterocycles. The van der Waals surface area contributed by atoms with Crippen LogP contribution in [0.15, 0.2) is 10.6 Å². The summed E-state index contributed by atoms with van der Waals surface area (Å²) < 4.78 is 32.0. The molecular formula is C21H31F2N3O3. The fourth-order valence-corrected chi connectivity index (χ4v) is 3.93. The number of carbonyl (C=O) groups is 2. The molecule has 1 aromatic heterocycles. The van der Waals surface area contributed by atoms with Crippen LogP contribution >= 0.6 is 0 Å². The van der Waals surface area contributed by atoms with Crippen LogP contribution in [0.4, 0.5) is 8.78 Å². The molecule has 1 aromatic rings. The molecular weight excluding hydrogens is 380 g/mol. The van der Waals surface area contributed by atoms with Gasteiger partial charge >= 0.3 is 0 Å². The molecule has 0 spiro atoms. The van der Waals surface area contributed by atoms with Gasteiger partial charge in [0.25, 0.3) is 5.92 Å². The number of hydrogen-bond acceptors (Lipinski definition) is 5. The smallest absolute Gasteiger partial charge is 0.250 e. The zero-order valence-electron chi connectivity index (χ0n) is 17.5. The second-order valence-electron chi connectivity index (χ2n) is 9.31. The van der Waals surface area contributed by atoms with Gasteiger partial charge < -0.3 is 9.42 Å². The van der Waals surface area contributed by atoms with E-state index in [-0.39, 0.29) is 56.0 Å². The number of aromatic nitrogens is 1. The first-order valence-electron chi connectivity index (χ1n) is 10.4.